The van der Waals surface area contributed by atoms with Crippen LogP contribution in [-0.4, -0.2) is 18.2 Å². The Morgan fingerprint density at radius 3 is 2.29 bits per heavy atom. The van der Waals surface area contributed by atoms with Crippen molar-refractivity contribution in [1.82, 2.24) is 0 Å². The van der Waals surface area contributed by atoms with Gasteiger partial charge in [0.1, 0.15) is 17.3 Å². The Morgan fingerprint density at radius 2 is 1.75 bits per heavy atom. The van der Waals surface area contributed by atoms with Gasteiger partial charge in [-0.25, -0.2) is 0 Å². The number of hydrogen-bond donors (Lipinski definition) is 1. The van der Waals surface area contributed by atoms with Gasteiger partial charge in [-0.05, 0) is 47.7 Å². The lowest BCUT2D eigenvalue weighted by Crippen LogP contribution is -2.42. The zero-order chi connectivity index (χ0) is 20.3. The maximum absolute atomic E-state index is 12.6. The van der Waals surface area contributed by atoms with Crippen molar-refractivity contribution in [2.75, 3.05) is 7.11 Å². The summed E-state index contributed by atoms with van der Waals surface area (Å²) in [5.74, 6) is 0.807. The molecule has 3 aromatic rings. The van der Waals surface area contributed by atoms with E-state index in [1.807, 2.05) is 69.3 Å². The molecule has 4 nitrogen and oxygen atoms in total. The van der Waals surface area contributed by atoms with Gasteiger partial charge >= 0.3 is 5.97 Å². The molecule has 1 N–H and O–H groups in total. The summed E-state index contributed by atoms with van der Waals surface area (Å²) in [6.45, 7) is 5.74. The van der Waals surface area contributed by atoms with E-state index in [1.54, 1.807) is 19.2 Å². The summed E-state index contributed by atoms with van der Waals surface area (Å²) in [4.78, 5) is 12.6. The molecule has 3 rings (SSSR count). The Kier molecular flexibility index (Phi) is 5.59. The largest absolute Gasteiger partial charge is 0.497 e. The maximum Gasteiger partial charge on any atom is 0.322 e. The molecule has 2 aromatic carbocycles. The molecule has 0 saturated carbocycles. The van der Waals surface area contributed by atoms with Gasteiger partial charge in [-0.15, -0.1) is 0 Å². The van der Waals surface area contributed by atoms with Gasteiger partial charge < -0.3 is 14.3 Å². The molecule has 1 heterocycles. The van der Waals surface area contributed by atoms with Crippen LogP contribution in [0, 0.1) is 12.8 Å². The van der Waals surface area contributed by atoms with Crippen molar-refractivity contribution < 1.29 is 19.1 Å². The van der Waals surface area contributed by atoms with Crippen LogP contribution in [0.4, 0.5) is 0 Å². The second kappa shape index (κ2) is 7.93. The van der Waals surface area contributed by atoms with E-state index in [1.165, 1.54) is 0 Å². The normalized spacial score (nSPS) is 13.3. The lowest BCUT2D eigenvalue weighted by atomic mass is 9.69. The molecule has 0 fully saturated rings. The quantitative estimate of drug-likeness (QED) is 0.613. The monoisotopic (exact) mass is 378 g/mol. The molecular formula is C24H26O4. The molecule has 0 saturated heterocycles. The van der Waals surface area contributed by atoms with Crippen LogP contribution in [0.25, 0.3) is 0 Å². The Bertz CT molecular complexity index is 938. The fourth-order valence-electron chi connectivity index (χ4n) is 3.87. The number of carboxylic acids is 1. The highest BCUT2D eigenvalue weighted by Gasteiger charge is 2.49. The minimum Gasteiger partial charge on any atom is -0.497 e. The molecular weight excluding hydrogens is 352 g/mol. The average molecular weight is 378 g/mol. The van der Waals surface area contributed by atoms with Crippen molar-refractivity contribution >= 4 is 5.97 Å². The number of carboxylic acid groups (broad SMARTS) is 1. The molecule has 1 aromatic heterocycles. The SMILES string of the molecule is COc1ccc(C(C(=O)O)(c2oc(Cc3ccccc3)cc2C)C(C)C)cc1. The number of carbonyl (C=O) groups is 1. The van der Waals surface area contributed by atoms with E-state index in [0.29, 0.717) is 23.5 Å². The number of hydrogen-bond acceptors (Lipinski definition) is 3. The third-order valence-corrected chi connectivity index (χ3v) is 5.30. The standard InChI is InChI=1S/C24H26O4/c1-16(2)24(23(25)26,19-10-12-20(27-4)13-11-19)22-17(3)14-21(28-22)15-18-8-6-5-7-9-18/h5-14,16H,15H2,1-4H3,(H,25,26). The highest BCUT2D eigenvalue weighted by Crippen LogP contribution is 2.43. The molecule has 0 aliphatic carbocycles. The number of rotatable bonds is 7. The third-order valence-electron chi connectivity index (χ3n) is 5.30. The van der Waals surface area contributed by atoms with E-state index in [4.69, 9.17) is 9.15 Å². The van der Waals surface area contributed by atoms with Crippen LogP contribution in [0.1, 0.15) is 42.1 Å². The van der Waals surface area contributed by atoms with Crippen molar-refractivity contribution in [3.05, 3.63) is 88.9 Å². The van der Waals surface area contributed by atoms with Gasteiger partial charge in [0.15, 0.2) is 5.41 Å². The van der Waals surface area contributed by atoms with Crippen LogP contribution in [0.2, 0.25) is 0 Å². The predicted molar refractivity (Wildman–Crippen MR) is 109 cm³/mol. The topological polar surface area (TPSA) is 59.7 Å². The zero-order valence-corrected chi connectivity index (χ0v) is 16.7. The molecule has 4 heteroatoms. The number of aryl methyl sites for hydroxylation is 1. The minimum absolute atomic E-state index is 0.215. The van der Waals surface area contributed by atoms with E-state index >= 15 is 0 Å². The summed E-state index contributed by atoms with van der Waals surface area (Å²) in [5.41, 5.74) is 1.38. The Morgan fingerprint density at radius 1 is 1.11 bits per heavy atom. The number of furan rings is 1. The van der Waals surface area contributed by atoms with Crippen molar-refractivity contribution in [2.45, 2.75) is 32.6 Å². The van der Waals surface area contributed by atoms with Crippen LogP contribution in [0.3, 0.4) is 0 Å². The molecule has 28 heavy (non-hydrogen) atoms. The van der Waals surface area contributed by atoms with E-state index in [0.717, 1.165) is 16.9 Å². The second-order valence-electron chi connectivity index (χ2n) is 7.38. The first-order valence-corrected chi connectivity index (χ1v) is 9.41. The van der Waals surface area contributed by atoms with Gasteiger partial charge in [-0.2, -0.15) is 0 Å². The van der Waals surface area contributed by atoms with Gasteiger partial charge in [0.05, 0.1) is 7.11 Å². The summed E-state index contributed by atoms with van der Waals surface area (Å²) in [7, 11) is 1.59. The van der Waals surface area contributed by atoms with Gasteiger partial charge in [-0.1, -0.05) is 56.3 Å². The number of aliphatic carboxylic acids is 1. The minimum atomic E-state index is -1.27. The lowest BCUT2D eigenvalue weighted by Gasteiger charge is -2.33. The Hall–Kier alpha value is -3.01. The fourth-order valence-corrected chi connectivity index (χ4v) is 3.87. The highest BCUT2D eigenvalue weighted by atomic mass is 16.5. The smallest absolute Gasteiger partial charge is 0.322 e. The summed E-state index contributed by atoms with van der Waals surface area (Å²) in [6.07, 6.45) is 0.623. The Labute approximate surface area is 165 Å². The van der Waals surface area contributed by atoms with Gasteiger partial charge in [-0.3, -0.25) is 4.79 Å². The van der Waals surface area contributed by atoms with Crippen molar-refractivity contribution in [1.29, 1.82) is 0 Å². The number of methoxy groups -OCH3 is 1. The van der Waals surface area contributed by atoms with Gasteiger partial charge in [0, 0.05) is 6.42 Å². The summed E-state index contributed by atoms with van der Waals surface area (Å²) in [5, 5.41) is 10.4. The molecule has 0 radical (unpaired) electrons. The van der Waals surface area contributed by atoms with E-state index in [-0.39, 0.29) is 5.92 Å². The van der Waals surface area contributed by atoms with Crippen LogP contribution >= 0.6 is 0 Å². The van der Waals surface area contributed by atoms with Crippen molar-refractivity contribution in [3.8, 4) is 5.75 Å². The molecule has 0 aliphatic rings. The first kappa shape index (κ1) is 19.7. The van der Waals surface area contributed by atoms with Crippen LogP contribution in [0.5, 0.6) is 5.75 Å². The molecule has 146 valence electrons. The molecule has 0 spiro atoms. The molecule has 0 amide bonds. The van der Waals surface area contributed by atoms with Gasteiger partial charge in [0.2, 0.25) is 0 Å². The Balaban J connectivity index is 2.12. The predicted octanol–water partition coefficient (Wildman–Crippen LogP) is 5.21. The molecule has 0 aliphatic heterocycles. The second-order valence-corrected chi connectivity index (χ2v) is 7.38. The fraction of sp³-hybridized carbons (Fsp3) is 0.292. The van der Waals surface area contributed by atoms with Gasteiger partial charge in [0.25, 0.3) is 0 Å². The summed E-state index contributed by atoms with van der Waals surface area (Å²) in [6, 6.07) is 19.2. The number of ether oxygens (including phenoxy) is 1. The average Bonchev–Trinajstić information content (AvgIpc) is 3.03. The summed E-state index contributed by atoms with van der Waals surface area (Å²) < 4.78 is 11.4. The van der Waals surface area contributed by atoms with Crippen LogP contribution < -0.4 is 4.74 Å². The number of benzene rings is 2. The first-order valence-electron chi connectivity index (χ1n) is 9.41. The van der Waals surface area contributed by atoms with Crippen molar-refractivity contribution in [3.63, 3.8) is 0 Å². The maximum atomic E-state index is 12.6. The zero-order valence-electron chi connectivity index (χ0n) is 16.7. The third kappa shape index (κ3) is 3.42. The van der Waals surface area contributed by atoms with Crippen LogP contribution in [-0.2, 0) is 16.6 Å². The first-order chi connectivity index (χ1) is 13.4. The molecule has 1 unspecified atom stereocenters. The van der Waals surface area contributed by atoms with E-state index in [9.17, 15) is 9.90 Å². The molecule has 0 bridgehead atoms. The van der Waals surface area contributed by atoms with Crippen molar-refractivity contribution in [2.24, 2.45) is 5.92 Å². The molecule has 1 atom stereocenters. The van der Waals surface area contributed by atoms with Crippen LogP contribution in [0.15, 0.2) is 65.1 Å². The highest BCUT2D eigenvalue weighted by molar-refractivity contribution is 5.86. The van der Waals surface area contributed by atoms with E-state index in [2.05, 4.69) is 0 Å². The van der Waals surface area contributed by atoms with E-state index < -0.39 is 11.4 Å². The lowest BCUT2D eigenvalue weighted by molar-refractivity contribution is -0.144. The summed E-state index contributed by atoms with van der Waals surface area (Å²) >= 11 is 0.